The predicted molar refractivity (Wildman–Crippen MR) is 468 cm³/mol. The summed E-state index contributed by atoms with van der Waals surface area (Å²) in [6.07, 6.45) is -7.21. The number of phenols is 17. The fourth-order valence-corrected chi connectivity index (χ4v) is 10.7. The summed E-state index contributed by atoms with van der Waals surface area (Å²) in [7, 11) is 0. The SMILES string of the molecule is CC(C)(C)OC(=O)NCC(COC(=O)c1cc(O)c(O)c(O)c1)OC(=O)c1ccccc1.Cc1cc(C(=O)OC(CNC(=O)OC(C)(C)C)COC(=O)c2ccccc2)cc(O)c1O.O=C(NCC(COC(=O)c1cc(O)c(O)c(O)c1)OC(=O)c1cc(O)c(O)c(O)c1)Oc1ccccc1.O=C(OCC(COC(=O)c1ccc(O)c(O)c1)OC(=O)c1ccc(O)c(O)c1)c1ccc(O)c(O)c1. The van der Waals surface area contributed by atoms with Crippen molar-refractivity contribution in [3.05, 3.63) is 250 Å². The third-order valence-electron chi connectivity index (χ3n) is 17.4. The Morgan fingerprint density at radius 3 is 0.796 bits per heavy atom. The number of phenolic OH excluding ortho intramolecular Hbond substituents is 17. The number of hydrogen-bond acceptors (Lipinski definition) is 41. The molecule has 0 spiro atoms. The van der Waals surface area contributed by atoms with Crippen LogP contribution in [0.2, 0.25) is 0 Å². The van der Waals surface area contributed by atoms with Gasteiger partial charge in [0.25, 0.3) is 0 Å². The zero-order valence-corrected chi connectivity index (χ0v) is 73.3. The van der Waals surface area contributed by atoms with Gasteiger partial charge in [0.2, 0.25) is 0 Å². The number of hydrogen-bond donors (Lipinski definition) is 20. The van der Waals surface area contributed by atoms with Gasteiger partial charge in [-0.1, -0.05) is 54.6 Å². The van der Waals surface area contributed by atoms with E-state index in [2.05, 4.69) is 16.0 Å². The predicted octanol–water partition coefficient (Wildman–Crippen LogP) is 10.3. The zero-order valence-electron chi connectivity index (χ0n) is 73.3. The number of aromatic hydroxyl groups is 17. The molecule has 0 bridgehead atoms. The van der Waals surface area contributed by atoms with Gasteiger partial charge in [-0.25, -0.2) is 57.5 Å². The number of para-hydroxylation sites is 1. The van der Waals surface area contributed by atoms with Crippen LogP contribution in [0.3, 0.4) is 0 Å². The third kappa shape index (κ3) is 34.3. The second kappa shape index (κ2) is 49.2. The van der Waals surface area contributed by atoms with E-state index in [1.165, 1.54) is 49.4 Å². The van der Waals surface area contributed by atoms with Gasteiger partial charge in [0.1, 0.15) is 50.0 Å². The molecule has 20 N–H and O–H groups in total. The Bertz CT molecular complexity index is 5820. The first-order chi connectivity index (χ1) is 64.5. The molecule has 10 aromatic carbocycles. The molecule has 10 rings (SSSR count). The lowest BCUT2D eigenvalue weighted by Crippen LogP contribution is -2.40. The molecule has 0 aliphatic heterocycles. The van der Waals surface area contributed by atoms with Crippen molar-refractivity contribution >= 4 is 72.0 Å². The molecule has 3 unspecified atom stereocenters. The molecule has 137 heavy (non-hydrogen) atoms. The molecule has 0 radical (unpaired) electrons. The van der Waals surface area contributed by atoms with Crippen LogP contribution in [-0.4, -0.2) is 247 Å². The Hall–Kier alpha value is -18.2. The Kier molecular flexibility index (Phi) is 38.0. The topological polar surface area (TPSA) is 696 Å². The normalized spacial score (nSPS) is 11.4. The summed E-state index contributed by atoms with van der Waals surface area (Å²) < 4.78 is 62.0. The molecule has 10 aromatic rings. The molecule has 3 atom stereocenters. The molecule has 0 fully saturated rings. The molecule has 44 heteroatoms. The first-order valence-electron chi connectivity index (χ1n) is 40.1. The molecular weight excluding hydrogens is 1820 g/mol. The smallest absolute Gasteiger partial charge is 0.412 e. The van der Waals surface area contributed by atoms with Crippen molar-refractivity contribution in [2.24, 2.45) is 0 Å². The van der Waals surface area contributed by atoms with E-state index in [1.807, 2.05) is 0 Å². The number of nitrogens with one attached hydrogen (secondary N) is 3. The fourth-order valence-electron chi connectivity index (χ4n) is 10.7. The van der Waals surface area contributed by atoms with Crippen LogP contribution in [0.15, 0.2) is 194 Å². The summed E-state index contributed by atoms with van der Waals surface area (Å²) in [6.45, 7) is 8.19. The molecule has 0 heterocycles. The second-order valence-corrected chi connectivity index (χ2v) is 30.5. The van der Waals surface area contributed by atoms with Gasteiger partial charge >= 0.3 is 72.0 Å². The van der Waals surface area contributed by atoms with Crippen LogP contribution in [0.5, 0.6) is 103 Å². The Morgan fingerprint density at radius 2 is 0.482 bits per heavy atom. The van der Waals surface area contributed by atoms with Gasteiger partial charge in [-0.2, -0.15) is 0 Å². The minimum atomic E-state index is -1.35. The van der Waals surface area contributed by atoms with Crippen molar-refractivity contribution in [1.82, 2.24) is 16.0 Å². The highest BCUT2D eigenvalue weighted by Crippen LogP contribution is 2.39. The number of aryl methyl sites for hydroxylation is 1. The largest absolute Gasteiger partial charge is 0.504 e. The number of rotatable bonds is 30. The minimum Gasteiger partial charge on any atom is -0.504 e. The van der Waals surface area contributed by atoms with Crippen molar-refractivity contribution in [3.63, 3.8) is 0 Å². The van der Waals surface area contributed by atoms with Gasteiger partial charge in [-0.15, -0.1) is 0 Å². The lowest BCUT2D eigenvalue weighted by atomic mass is 10.1. The van der Waals surface area contributed by atoms with Crippen LogP contribution in [0.1, 0.15) is 140 Å². The monoisotopic (exact) mass is 1910 g/mol. The van der Waals surface area contributed by atoms with Crippen LogP contribution in [0.4, 0.5) is 14.4 Å². The van der Waals surface area contributed by atoms with E-state index in [9.17, 15) is 144 Å². The molecule has 0 aromatic heterocycles. The number of ether oxygens (including phenoxy) is 12. The Labute approximate surface area is 775 Å². The average Bonchev–Trinajstić information content (AvgIpc) is 0.841. The highest BCUT2D eigenvalue weighted by Gasteiger charge is 2.30. The van der Waals surface area contributed by atoms with Crippen LogP contribution in [0, 0.1) is 6.92 Å². The van der Waals surface area contributed by atoms with Gasteiger partial charge in [0.05, 0.1) is 69.7 Å². The van der Waals surface area contributed by atoms with E-state index in [1.54, 1.807) is 108 Å². The first-order valence-corrected chi connectivity index (χ1v) is 40.1. The summed E-state index contributed by atoms with van der Waals surface area (Å²) in [6, 6.07) is 41.4. The zero-order chi connectivity index (χ0) is 101. The van der Waals surface area contributed by atoms with E-state index in [4.69, 9.17) is 56.8 Å². The van der Waals surface area contributed by atoms with E-state index in [0.717, 1.165) is 84.9 Å². The number of benzene rings is 10. The number of carbonyl (C=O) groups is 12. The van der Waals surface area contributed by atoms with Crippen LogP contribution in [0.25, 0.3) is 0 Å². The molecule has 3 amide bonds. The summed E-state index contributed by atoms with van der Waals surface area (Å²) in [5.41, 5.74) is -2.02. The van der Waals surface area contributed by atoms with Crippen molar-refractivity contribution < 1.29 is 201 Å². The standard InChI is InChI=1S/C24H21NO12.C24H20O12.C23H27NO8.C22H25NO9/c26-16-6-12(7-17(27)20(16)30)22(32)35-11-15(10-25-24(34)37-14-4-2-1-3-5-14)36-23(33)13-8-18(28)21(31)19(29)9-13;25-16-4-1-12(7-19(16)28)22(31)34-10-15(36-24(33)14-3-6-18(27)21(30)9-14)11-35-23(32)13-2-5-17(26)20(29)8-13;1-14-10-16(11-18(25)19(14)26)21(28)31-17(12-24-22(29)32-23(2,3)4)13-30-20(27)15-8-6-5-7-9-15;1-22(2,3)32-21(29)23-11-15(31-20(28)13-7-5-4-6-8-13)12-30-19(27)14-9-16(24)18(26)17(25)10-14/h1-9,15,26-31H,10-11H2,(H,25,34);1-9,15,25-30H,10-11H2;5-11,17,25-26H,12-13H2,1-4H3,(H,24,29);4-10,15,24-26H,11-12H2,1-3H3,(H,23,29). The first kappa shape index (κ1) is 106. The molecule has 0 aliphatic carbocycles. The van der Waals surface area contributed by atoms with Gasteiger partial charge in [0.15, 0.2) is 122 Å². The highest BCUT2D eigenvalue weighted by atomic mass is 16.6. The lowest BCUT2D eigenvalue weighted by molar-refractivity contribution is -0.0254. The quantitative estimate of drug-likeness (QED) is 0.0113. The Morgan fingerprint density at radius 1 is 0.248 bits per heavy atom. The molecule has 44 nitrogen and oxygen atoms in total. The molecule has 0 saturated carbocycles. The van der Waals surface area contributed by atoms with Crippen molar-refractivity contribution in [1.29, 1.82) is 0 Å². The molecule has 726 valence electrons. The van der Waals surface area contributed by atoms with E-state index >= 15 is 0 Å². The van der Waals surface area contributed by atoms with E-state index in [-0.39, 0.29) is 81.3 Å². The van der Waals surface area contributed by atoms with E-state index < -0.39 is 233 Å². The number of carbonyl (C=O) groups excluding carboxylic acids is 12. The summed E-state index contributed by atoms with van der Waals surface area (Å²) in [5.74, 6) is -19.0. The molecular formula is C93H93N3O41. The molecule has 0 saturated heterocycles. The maximum Gasteiger partial charge on any atom is 0.412 e. The van der Waals surface area contributed by atoms with Gasteiger partial charge < -0.3 is 160 Å². The minimum absolute atomic E-state index is 0.0190. The Balaban J connectivity index is 0.000000249. The summed E-state index contributed by atoms with van der Waals surface area (Å²) >= 11 is 0. The number of esters is 9. The van der Waals surface area contributed by atoms with Gasteiger partial charge in [0, 0.05) is 0 Å². The van der Waals surface area contributed by atoms with Crippen molar-refractivity contribution in [2.45, 2.75) is 84.1 Å². The highest BCUT2D eigenvalue weighted by molar-refractivity contribution is 5.96. The van der Waals surface area contributed by atoms with Crippen LogP contribution < -0.4 is 20.7 Å². The summed E-state index contributed by atoms with van der Waals surface area (Å²) in [5, 5.41) is 169. The van der Waals surface area contributed by atoms with Crippen LogP contribution >= 0.6 is 0 Å². The maximum atomic E-state index is 12.6. The lowest BCUT2D eigenvalue weighted by Gasteiger charge is -2.22. The second-order valence-electron chi connectivity index (χ2n) is 30.5. The fraction of sp³-hybridized carbons (Fsp3) is 0.226. The van der Waals surface area contributed by atoms with Crippen molar-refractivity contribution in [3.8, 4) is 103 Å². The maximum absolute atomic E-state index is 12.6. The third-order valence-corrected chi connectivity index (χ3v) is 17.4. The number of amides is 3. The number of alkyl carbamates (subject to hydrolysis) is 2. The molecule has 0 aliphatic rings. The van der Waals surface area contributed by atoms with Crippen LogP contribution in [-0.2, 0) is 52.1 Å². The van der Waals surface area contributed by atoms with Gasteiger partial charge in [-0.3, -0.25) is 0 Å². The van der Waals surface area contributed by atoms with Gasteiger partial charge in [-0.05, 0) is 194 Å². The summed E-state index contributed by atoms with van der Waals surface area (Å²) in [4.78, 5) is 147. The van der Waals surface area contributed by atoms with E-state index in [0.29, 0.717) is 5.56 Å². The van der Waals surface area contributed by atoms with Crippen molar-refractivity contribution in [2.75, 3.05) is 52.7 Å². The average molecular weight is 1910 g/mol.